The number of carbonyl (C=O) groups excluding carboxylic acids is 1. The summed E-state index contributed by atoms with van der Waals surface area (Å²) in [5.74, 6) is 0.301. The molecule has 0 bridgehead atoms. The lowest BCUT2D eigenvalue weighted by molar-refractivity contribution is -0.117. The molecule has 1 nitrogen and oxygen atoms in total. The molecule has 0 aromatic carbocycles. The molecule has 0 atom stereocenters. The zero-order valence-electron chi connectivity index (χ0n) is 9.01. The molecule has 0 amide bonds. The fourth-order valence-electron chi connectivity index (χ4n) is 1.45. The van der Waals surface area contributed by atoms with Gasteiger partial charge in [0, 0.05) is 16.2 Å². The quantitative estimate of drug-likeness (QED) is 0.701. The van der Waals surface area contributed by atoms with Crippen LogP contribution in [0, 0.1) is 0 Å². The third kappa shape index (κ3) is 4.05. The van der Waals surface area contributed by atoms with Crippen molar-refractivity contribution in [2.24, 2.45) is 0 Å². The molecule has 0 unspecified atom stereocenters. The predicted molar refractivity (Wildman–Crippen MR) is 61.9 cm³/mol. The third-order valence-corrected chi connectivity index (χ3v) is 3.37. The van der Waals surface area contributed by atoms with E-state index in [1.54, 1.807) is 6.92 Å². The van der Waals surface area contributed by atoms with E-state index in [0.29, 0.717) is 5.78 Å². The summed E-state index contributed by atoms with van der Waals surface area (Å²) in [6.07, 6.45) is 5.20. The van der Waals surface area contributed by atoms with Gasteiger partial charge < -0.3 is 4.79 Å². The zero-order chi connectivity index (χ0) is 10.4. The molecule has 0 aliphatic heterocycles. The van der Waals surface area contributed by atoms with Crippen molar-refractivity contribution in [2.75, 3.05) is 0 Å². The smallest absolute Gasteiger partial charge is 0.129 e. The molecule has 14 heavy (non-hydrogen) atoms. The van der Waals surface area contributed by atoms with E-state index in [1.165, 1.54) is 22.6 Å². The highest BCUT2D eigenvalue weighted by Crippen LogP contribution is 2.19. The third-order valence-electron chi connectivity index (χ3n) is 2.17. The van der Waals surface area contributed by atoms with Crippen LogP contribution >= 0.6 is 11.3 Å². The Hall–Kier alpha value is -0.630. The number of aryl methyl sites for hydroxylation is 2. The summed E-state index contributed by atoms with van der Waals surface area (Å²) < 4.78 is 0. The van der Waals surface area contributed by atoms with Crippen LogP contribution in [-0.4, -0.2) is 5.78 Å². The second kappa shape index (κ2) is 5.97. The highest BCUT2D eigenvalue weighted by Gasteiger charge is 2.00. The summed E-state index contributed by atoms with van der Waals surface area (Å²) in [7, 11) is 0. The number of Topliss-reactive ketones (excluding diaryl/α,β-unsaturated/α-hetero) is 1. The van der Waals surface area contributed by atoms with Gasteiger partial charge in [-0.05, 0) is 38.3 Å². The van der Waals surface area contributed by atoms with Gasteiger partial charge in [0.25, 0.3) is 0 Å². The minimum atomic E-state index is 0.301. The lowest BCUT2D eigenvalue weighted by Crippen LogP contribution is -1.90. The average Bonchev–Trinajstić information content (AvgIpc) is 2.53. The van der Waals surface area contributed by atoms with E-state index in [-0.39, 0.29) is 0 Å². The van der Waals surface area contributed by atoms with Crippen molar-refractivity contribution in [3.8, 4) is 0 Å². The van der Waals surface area contributed by atoms with Crippen LogP contribution in [0.3, 0.4) is 0 Å². The maximum absolute atomic E-state index is 10.7. The summed E-state index contributed by atoms with van der Waals surface area (Å²) in [6.45, 7) is 3.87. The van der Waals surface area contributed by atoms with E-state index in [1.807, 2.05) is 11.3 Å². The highest BCUT2D eigenvalue weighted by molar-refractivity contribution is 7.11. The molecule has 1 aromatic rings. The summed E-state index contributed by atoms with van der Waals surface area (Å²) in [4.78, 5) is 13.6. The van der Waals surface area contributed by atoms with Gasteiger partial charge in [-0.25, -0.2) is 0 Å². The fourth-order valence-corrected chi connectivity index (χ4v) is 2.61. The van der Waals surface area contributed by atoms with Gasteiger partial charge in [-0.2, -0.15) is 0 Å². The molecule has 0 saturated carbocycles. The van der Waals surface area contributed by atoms with Gasteiger partial charge in [0.05, 0.1) is 0 Å². The van der Waals surface area contributed by atoms with E-state index in [4.69, 9.17) is 0 Å². The van der Waals surface area contributed by atoms with Crippen molar-refractivity contribution >= 4 is 17.1 Å². The van der Waals surface area contributed by atoms with E-state index in [2.05, 4.69) is 19.1 Å². The maximum atomic E-state index is 10.7. The van der Waals surface area contributed by atoms with Crippen molar-refractivity contribution in [1.82, 2.24) is 0 Å². The normalized spacial score (nSPS) is 10.4. The molecule has 0 spiro atoms. The Morgan fingerprint density at radius 2 is 1.93 bits per heavy atom. The van der Waals surface area contributed by atoms with E-state index in [0.717, 1.165) is 19.3 Å². The van der Waals surface area contributed by atoms with Crippen LogP contribution in [0.15, 0.2) is 12.1 Å². The molecular formula is C12H18OS. The first-order valence-corrected chi connectivity index (χ1v) is 6.11. The minimum absolute atomic E-state index is 0.301. The second-order valence-electron chi connectivity index (χ2n) is 3.67. The number of hydrogen-bond donors (Lipinski definition) is 0. The number of carbonyl (C=O) groups is 1. The predicted octanol–water partition coefficient (Wildman–Crippen LogP) is 3.61. The number of rotatable bonds is 6. The van der Waals surface area contributed by atoms with E-state index >= 15 is 0 Å². The van der Waals surface area contributed by atoms with Crippen LogP contribution in [0.5, 0.6) is 0 Å². The van der Waals surface area contributed by atoms with Gasteiger partial charge in [0.2, 0.25) is 0 Å². The summed E-state index contributed by atoms with van der Waals surface area (Å²) in [5, 5.41) is 0. The monoisotopic (exact) mass is 210 g/mol. The highest BCUT2D eigenvalue weighted by atomic mass is 32.1. The number of thiophene rings is 1. The molecule has 1 aromatic heterocycles. The van der Waals surface area contributed by atoms with E-state index in [9.17, 15) is 4.79 Å². The molecule has 0 saturated heterocycles. The molecule has 0 fully saturated rings. The topological polar surface area (TPSA) is 17.1 Å². The van der Waals surface area contributed by atoms with Gasteiger partial charge >= 0.3 is 0 Å². The summed E-state index contributed by atoms with van der Waals surface area (Å²) >= 11 is 1.90. The van der Waals surface area contributed by atoms with Gasteiger partial charge in [-0.15, -0.1) is 11.3 Å². The van der Waals surface area contributed by atoms with Gasteiger partial charge in [-0.1, -0.05) is 13.3 Å². The molecule has 0 aliphatic carbocycles. The van der Waals surface area contributed by atoms with Crippen molar-refractivity contribution in [3.05, 3.63) is 21.9 Å². The average molecular weight is 210 g/mol. The fraction of sp³-hybridized carbons (Fsp3) is 0.583. The Morgan fingerprint density at radius 3 is 2.50 bits per heavy atom. The largest absolute Gasteiger partial charge is 0.300 e. The molecule has 78 valence electrons. The lowest BCUT2D eigenvalue weighted by atomic mass is 10.2. The maximum Gasteiger partial charge on any atom is 0.129 e. The second-order valence-corrected chi connectivity index (χ2v) is 4.93. The van der Waals surface area contributed by atoms with Crippen LogP contribution < -0.4 is 0 Å². The molecule has 0 N–H and O–H groups in total. The van der Waals surface area contributed by atoms with Crippen LogP contribution in [0.1, 0.15) is 42.9 Å². The molecule has 1 rings (SSSR count). The number of hydrogen-bond acceptors (Lipinski definition) is 2. The van der Waals surface area contributed by atoms with Gasteiger partial charge in [0.15, 0.2) is 0 Å². The first-order valence-electron chi connectivity index (χ1n) is 5.29. The van der Waals surface area contributed by atoms with Crippen LogP contribution in [-0.2, 0) is 17.6 Å². The zero-order valence-corrected chi connectivity index (χ0v) is 9.82. The SMILES string of the molecule is CCCc1ccc(CCCC(C)=O)s1. The Kier molecular flexibility index (Phi) is 4.88. The first-order chi connectivity index (χ1) is 6.72. The van der Waals surface area contributed by atoms with Crippen LogP contribution in [0.25, 0.3) is 0 Å². The Morgan fingerprint density at radius 1 is 1.29 bits per heavy atom. The van der Waals surface area contributed by atoms with Crippen molar-refractivity contribution in [3.63, 3.8) is 0 Å². The van der Waals surface area contributed by atoms with E-state index < -0.39 is 0 Å². The van der Waals surface area contributed by atoms with Crippen molar-refractivity contribution < 1.29 is 4.79 Å². The summed E-state index contributed by atoms with van der Waals surface area (Å²) in [5.41, 5.74) is 0. The van der Waals surface area contributed by atoms with Gasteiger partial charge in [0.1, 0.15) is 5.78 Å². The standard InChI is InChI=1S/C12H18OS/c1-3-5-11-8-9-12(14-11)7-4-6-10(2)13/h8-9H,3-7H2,1-2H3. The summed E-state index contributed by atoms with van der Waals surface area (Å²) in [6, 6.07) is 4.42. The first kappa shape index (κ1) is 11.4. The number of ketones is 1. The van der Waals surface area contributed by atoms with Crippen molar-refractivity contribution in [2.45, 2.75) is 46.0 Å². The van der Waals surface area contributed by atoms with Crippen LogP contribution in [0.2, 0.25) is 0 Å². The Balaban J connectivity index is 2.32. The Bertz CT molecular complexity index is 288. The molecule has 0 aliphatic rings. The molecule has 2 heteroatoms. The lowest BCUT2D eigenvalue weighted by Gasteiger charge is -1.94. The molecular weight excluding hydrogens is 192 g/mol. The van der Waals surface area contributed by atoms with Crippen molar-refractivity contribution in [1.29, 1.82) is 0 Å². The van der Waals surface area contributed by atoms with Gasteiger partial charge in [-0.3, -0.25) is 0 Å². The van der Waals surface area contributed by atoms with Crippen LogP contribution in [0.4, 0.5) is 0 Å². The molecule has 0 radical (unpaired) electrons. The minimum Gasteiger partial charge on any atom is -0.300 e. The molecule has 1 heterocycles. The Labute approximate surface area is 90.2 Å².